The van der Waals surface area contributed by atoms with Crippen LogP contribution in [0.15, 0.2) is 52.9 Å². The fourth-order valence-electron chi connectivity index (χ4n) is 2.33. The molecule has 0 aliphatic rings. The van der Waals surface area contributed by atoms with Gasteiger partial charge in [-0.1, -0.05) is 30.3 Å². The largest absolute Gasteiger partial charge is 0.497 e. The summed E-state index contributed by atoms with van der Waals surface area (Å²) in [5.74, 6) is 0.909. The molecule has 4 heteroatoms. The summed E-state index contributed by atoms with van der Waals surface area (Å²) in [5, 5.41) is 3.80. The Hall–Kier alpha value is -2.75. The molecule has 0 unspecified atom stereocenters. The van der Waals surface area contributed by atoms with E-state index in [0.29, 0.717) is 12.3 Å². The van der Waals surface area contributed by atoms with E-state index in [9.17, 15) is 4.79 Å². The van der Waals surface area contributed by atoms with Gasteiger partial charge in [-0.05, 0) is 36.2 Å². The Bertz CT molecular complexity index is 803. The van der Waals surface area contributed by atoms with E-state index in [1.54, 1.807) is 13.2 Å². The minimum absolute atomic E-state index is 0.216. The molecule has 1 aromatic heterocycles. The maximum atomic E-state index is 12.2. The van der Waals surface area contributed by atoms with E-state index in [1.807, 2.05) is 49.4 Å². The van der Waals surface area contributed by atoms with Crippen LogP contribution in [0.25, 0.3) is 11.0 Å². The van der Waals surface area contributed by atoms with Crippen LogP contribution < -0.4 is 10.1 Å². The Balaban J connectivity index is 1.71. The third-order valence-corrected chi connectivity index (χ3v) is 3.58. The van der Waals surface area contributed by atoms with Crippen molar-refractivity contribution in [3.63, 3.8) is 0 Å². The number of carbonyl (C=O) groups excluding carboxylic acids is 1. The lowest BCUT2D eigenvalue weighted by Gasteiger charge is -2.04. The van der Waals surface area contributed by atoms with E-state index in [2.05, 4.69) is 5.32 Å². The van der Waals surface area contributed by atoms with Gasteiger partial charge < -0.3 is 14.5 Å². The summed E-state index contributed by atoms with van der Waals surface area (Å²) >= 11 is 0. The molecule has 112 valence electrons. The fourth-order valence-corrected chi connectivity index (χ4v) is 2.33. The molecule has 2 aromatic carbocycles. The molecule has 0 aliphatic heterocycles. The monoisotopic (exact) mass is 295 g/mol. The minimum Gasteiger partial charge on any atom is -0.497 e. The second-order valence-corrected chi connectivity index (χ2v) is 5.13. The summed E-state index contributed by atoms with van der Waals surface area (Å²) < 4.78 is 10.8. The molecule has 1 N–H and O–H groups in total. The van der Waals surface area contributed by atoms with E-state index in [4.69, 9.17) is 9.15 Å². The van der Waals surface area contributed by atoms with Crippen molar-refractivity contribution < 1.29 is 13.9 Å². The SMILES string of the molecule is COc1ccc(CNC(=O)c2cc3cccc(C)c3o2)cc1. The number of methoxy groups -OCH3 is 1. The number of benzene rings is 2. The highest BCUT2D eigenvalue weighted by Gasteiger charge is 2.12. The molecule has 1 amide bonds. The Morgan fingerprint density at radius 3 is 2.64 bits per heavy atom. The molecule has 1 heterocycles. The number of aryl methyl sites for hydroxylation is 1. The molecule has 0 bridgehead atoms. The van der Waals surface area contributed by atoms with Crippen LogP contribution in [-0.2, 0) is 6.54 Å². The maximum Gasteiger partial charge on any atom is 0.287 e. The van der Waals surface area contributed by atoms with Gasteiger partial charge in [0, 0.05) is 11.9 Å². The summed E-state index contributed by atoms with van der Waals surface area (Å²) in [6.45, 7) is 2.41. The number of para-hydroxylation sites is 1. The first-order valence-electron chi connectivity index (χ1n) is 7.07. The highest BCUT2D eigenvalue weighted by molar-refractivity contribution is 5.96. The van der Waals surface area contributed by atoms with Crippen LogP contribution in [-0.4, -0.2) is 13.0 Å². The first kappa shape index (κ1) is 14.2. The zero-order chi connectivity index (χ0) is 15.5. The lowest BCUT2D eigenvalue weighted by atomic mass is 10.2. The van der Waals surface area contributed by atoms with E-state index in [-0.39, 0.29) is 5.91 Å². The number of amides is 1. The normalized spacial score (nSPS) is 10.6. The smallest absolute Gasteiger partial charge is 0.287 e. The summed E-state index contributed by atoms with van der Waals surface area (Å²) in [7, 11) is 1.63. The van der Waals surface area contributed by atoms with Crippen molar-refractivity contribution >= 4 is 16.9 Å². The van der Waals surface area contributed by atoms with Gasteiger partial charge in [-0.25, -0.2) is 0 Å². The van der Waals surface area contributed by atoms with Crippen LogP contribution in [0.3, 0.4) is 0 Å². The number of hydrogen-bond donors (Lipinski definition) is 1. The van der Waals surface area contributed by atoms with Gasteiger partial charge in [0.05, 0.1) is 7.11 Å². The van der Waals surface area contributed by atoms with Gasteiger partial charge in [0.1, 0.15) is 11.3 Å². The maximum absolute atomic E-state index is 12.2. The molecule has 0 fully saturated rings. The van der Waals surface area contributed by atoms with Gasteiger partial charge in [0.15, 0.2) is 5.76 Å². The molecule has 0 saturated heterocycles. The summed E-state index contributed by atoms with van der Waals surface area (Å²) in [4.78, 5) is 12.2. The number of fused-ring (bicyclic) bond motifs is 1. The molecular formula is C18H17NO3. The van der Waals surface area contributed by atoms with Gasteiger partial charge in [-0.2, -0.15) is 0 Å². The van der Waals surface area contributed by atoms with E-state index >= 15 is 0 Å². The van der Waals surface area contributed by atoms with E-state index < -0.39 is 0 Å². The molecule has 0 atom stereocenters. The molecule has 0 aliphatic carbocycles. The molecule has 3 rings (SSSR count). The lowest BCUT2D eigenvalue weighted by molar-refractivity contribution is 0.0925. The minimum atomic E-state index is -0.216. The zero-order valence-corrected chi connectivity index (χ0v) is 12.6. The number of ether oxygens (including phenoxy) is 1. The van der Waals surface area contributed by atoms with Crippen LogP contribution >= 0.6 is 0 Å². The molecule has 4 nitrogen and oxygen atoms in total. The predicted octanol–water partition coefficient (Wildman–Crippen LogP) is 3.68. The molecule has 22 heavy (non-hydrogen) atoms. The predicted molar refractivity (Wildman–Crippen MR) is 85.1 cm³/mol. The number of nitrogens with one attached hydrogen (secondary N) is 1. The van der Waals surface area contributed by atoms with Gasteiger partial charge in [0.25, 0.3) is 5.91 Å². The lowest BCUT2D eigenvalue weighted by Crippen LogP contribution is -2.22. The number of rotatable bonds is 4. The Morgan fingerprint density at radius 2 is 1.95 bits per heavy atom. The highest BCUT2D eigenvalue weighted by Crippen LogP contribution is 2.22. The van der Waals surface area contributed by atoms with Crippen molar-refractivity contribution in [2.24, 2.45) is 0 Å². The van der Waals surface area contributed by atoms with Gasteiger partial charge in [-0.15, -0.1) is 0 Å². The van der Waals surface area contributed by atoms with Gasteiger partial charge >= 0.3 is 0 Å². The molecule has 3 aromatic rings. The average Bonchev–Trinajstić information content (AvgIpc) is 2.99. The topological polar surface area (TPSA) is 51.5 Å². The van der Waals surface area contributed by atoms with E-state index in [1.165, 1.54) is 0 Å². The second-order valence-electron chi connectivity index (χ2n) is 5.13. The first-order valence-corrected chi connectivity index (χ1v) is 7.07. The van der Waals surface area contributed by atoms with Crippen LogP contribution in [0.1, 0.15) is 21.7 Å². The molecule has 0 radical (unpaired) electrons. The Kier molecular flexibility index (Phi) is 3.83. The molecular weight excluding hydrogens is 278 g/mol. The zero-order valence-electron chi connectivity index (χ0n) is 12.6. The fraction of sp³-hybridized carbons (Fsp3) is 0.167. The van der Waals surface area contributed by atoms with Crippen LogP contribution in [0.2, 0.25) is 0 Å². The Labute approximate surface area is 128 Å². The molecule has 0 saturated carbocycles. The van der Waals surface area contributed by atoms with Crippen LogP contribution in [0, 0.1) is 6.92 Å². The summed E-state index contributed by atoms with van der Waals surface area (Å²) in [6, 6.07) is 15.2. The standard InChI is InChI=1S/C18H17NO3/c1-12-4-3-5-14-10-16(22-17(12)14)18(20)19-11-13-6-8-15(21-2)9-7-13/h3-10H,11H2,1-2H3,(H,19,20). The average molecular weight is 295 g/mol. The van der Waals surface area contributed by atoms with Crippen molar-refractivity contribution in [2.75, 3.05) is 7.11 Å². The van der Waals surface area contributed by atoms with Crippen molar-refractivity contribution in [1.82, 2.24) is 5.32 Å². The second kappa shape index (κ2) is 5.93. The number of hydrogen-bond acceptors (Lipinski definition) is 3. The number of furan rings is 1. The highest BCUT2D eigenvalue weighted by atomic mass is 16.5. The van der Waals surface area contributed by atoms with Crippen molar-refractivity contribution in [3.8, 4) is 5.75 Å². The van der Waals surface area contributed by atoms with Gasteiger partial charge in [0.2, 0.25) is 0 Å². The first-order chi connectivity index (χ1) is 10.7. The van der Waals surface area contributed by atoms with Gasteiger partial charge in [-0.3, -0.25) is 4.79 Å². The van der Waals surface area contributed by atoms with Crippen LogP contribution in [0.5, 0.6) is 5.75 Å². The third-order valence-electron chi connectivity index (χ3n) is 3.58. The number of carbonyl (C=O) groups is 1. The van der Waals surface area contributed by atoms with Crippen molar-refractivity contribution in [1.29, 1.82) is 0 Å². The summed E-state index contributed by atoms with van der Waals surface area (Å²) in [6.07, 6.45) is 0. The Morgan fingerprint density at radius 1 is 1.18 bits per heavy atom. The quantitative estimate of drug-likeness (QED) is 0.799. The van der Waals surface area contributed by atoms with Crippen molar-refractivity contribution in [3.05, 3.63) is 65.4 Å². The van der Waals surface area contributed by atoms with Crippen LogP contribution in [0.4, 0.5) is 0 Å². The molecule has 0 spiro atoms. The van der Waals surface area contributed by atoms with E-state index in [0.717, 1.165) is 27.8 Å². The summed E-state index contributed by atoms with van der Waals surface area (Å²) in [5.41, 5.74) is 2.78. The third kappa shape index (κ3) is 2.81. The van der Waals surface area contributed by atoms with Crippen molar-refractivity contribution in [2.45, 2.75) is 13.5 Å².